The van der Waals surface area contributed by atoms with Gasteiger partial charge in [0, 0.05) is 45.1 Å². The predicted molar refractivity (Wildman–Crippen MR) is 142 cm³/mol. The Morgan fingerprint density at radius 3 is 2.73 bits per heavy atom. The Bertz CT molecular complexity index is 1790. The Kier molecular flexibility index (Phi) is 5.42. The van der Waals surface area contributed by atoms with Crippen LogP contribution in [0.3, 0.4) is 0 Å². The molecule has 3 aromatic carbocycles. The Labute approximate surface area is 220 Å². The van der Waals surface area contributed by atoms with Gasteiger partial charge in [0.1, 0.15) is 22.8 Å². The SMILES string of the molecule is COc1ccc2c(c1)c(/C=C1\Oc3c(ccc(OC(=O)c4cc5cc(Br)ccc5o4)c3C)C1=O)cn2C. The molecule has 0 spiro atoms. The van der Waals surface area contributed by atoms with Gasteiger partial charge in [0.05, 0.1) is 12.7 Å². The monoisotopic (exact) mass is 557 g/mol. The normalized spacial score (nSPS) is 13.8. The van der Waals surface area contributed by atoms with E-state index in [1.54, 1.807) is 44.4 Å². The molecule has 0 saturated heterocycles. The van der Waals surface area contributed by atoms with Crippen molar-refractivity contribution in [2.24, 2.45) is 7.05 Å². The molecule has 0 amide bonds. The molecule has 184 valence electrons. The minimum absolute atomic E-state index is 0.0805. The van der Waals surface area contributed by atoms with Crippen LogP contribution >= 0.6 is 15.9 Å². The molecule has 3 heterocycles. The number of aromatic nitrogens is 1. The molecule has 5 aromatic rings. The number of fused-ring (bicyclic) bond motifs is 3. The number of ketones is 1. The first-order valence-electron chi connectivity index (χ1n) is 11.4. The van der Waals surface area contributed by atoms with E-state index in [-0.39, 0.29) is 23.1 Å². The van der Waals surface area contributed by atoms with Crippen molar-refractivity contribution in [1.29, 1.82) is 0 Å². The lowest BCUT2D eigenvalue weighted by Gasteiger charge is -2.09. The molecular weight excluding hydrogens is 538 g/mol. The van der Waals surface area contributed by atoms with Gasteiger partial charge in [0.15, 0.2) is 5.76 Å². The van der Waals surface area contributed by atoms with E-state index in [1.165, 1.54) is 0 Å². The highest BCUT2D eigenvalue weighted by Crippen LogP contribution is 2.40. The number of hydrogen-bond acceptors (Lipinski definition) is 6. The topological polar surface area (TPSA) is 79.9 Å². The first-order valence-corrected chi connectivity index (χ1v) is 12.2. The van der Waals surface area contributed by atoms with E-state index in [0.29, 0.717) is 22.5 Å². The van der Waals surface area contributed by atoms with Crippen molar-refractivity contribution >= 4 is 55.6 Å². The second-order valence-electron chi connectivity index (χ2n) is 8.77. The van der Waals surface area contributed by atoms with Crippen LogP contribution in [0.4, 0.5) is 0 Å². The number of allylic oxidation sites excluding steroid dienone is 1. The third-order valence-electron chi connectivity index (χ3n) is 6.43. The van der Waals surface area contributed by atoms with Crippen molar-refractivity contribution in [3.63, 3.8) is 0 Å². The lowest BCUT2D eigenvalue weighted by atomic mass is 10.1. The summed E-state index contributed by atoms with van der Waals surface area (Å²) >= 11 is 3.41. The van der Waals surface area contributed by atoms with Crippen LogP contribution in [0.15, 0.2) is 75.4 Å². The van der Waals surface area contributed by atoms with E-state index >= 15 is 0 Å². The molecule has 0 fully saturated rings. The van der Waals surface area contributed by atoms with Crippen LogP contribution in [0.5, 0.6) is 17.2 Å². The lowest BCUT2D eigenvalue weighted by Crippen LogP contribution is -2.08. The smallest absolute Gasteiger partial charge is 0.379 e. The van der Waals surface area contributed by atoms with Crippen molar-refractivity contribution < 1.29 is 28.2 Å². The van der Waals surface area contributed by atoms with E-state index in [2.05, 4.69) is 15.9 Å². The molecule has 0 aliphatic carbocycles. The number of methoxy groups -OCH3 is 1. The third kappa shape index (κ3) is 3.90. The zero-order valence-electron chi connectivity index (χ0n) is 20.1. The molecule has 0 saturated carbocycles. The Morgan fingerprint density at radius 2 is 1.92 bits per heavy atom. The Hall–Kier alpha value is -4.30. The minimum Gasteiger partial charge on any atom is -0.497 e. The zero-order valence-corrected chi connectivity index (χ0v) is 21.7. The molecule has 7 nitrogen and oxygen atoms in total. The van der Waals surface area contributed by atoms with Gasteiger partial charge in [-0.05, 0) is 67.6 Å². The van der Waals surface area contributed by atoms with E-state index in [4.69, 9.17) is 18.6 Å². The standard InChI is InChI=1S/C29H20BrNO6/c1-15-23(37-29(33)26-11-16-10-18(30)4-8-24(16)35-26)9-6-20-27(32)25(36-28(15)20)12-17-14-31(2)22-7-5-19(34-3)13-21(17)22/h4-14H,1-3H3/b25-12-. The summed E-state index contributed by atoms with van der Waals surface area (Å²) in [6.45, 7) is 1.75. The number of ether oxygens (including phenoxy) is 3. The first kappa shape index (κ1) is 23.1. The number of esters is 1. The Balaban J connectivity index is 1.30. The lowest BCUT2D eigenvalue weighted by molar-refractivity contribution is 0.0702. The summed E-state index contributed by atoms with van der Waals surface area (Å²) in [6.07, 6.45) is 3.66. The van der Waals surface area contributed by atoms with Gasteiger partial charge in [-0.3, -0.25) is 4.79 Å². The quantitative estimate of drug-likeness (QED) is 0.137. The van der Waals surface area contributed by atoms with E-state index in [9.17, 15) is 9.59 Å². The molecule has 0 atom stereocenters. The predicted octanol–water partition coefficient (Wildman–Crippen LogP) is 6.84. The van der Waals surface area contributed by atoms with Crippen molar-refractivity contribution in [1.82, 2.24) is 4.57 Å². The molecule has 0 N–H and O–H groups in total. The maximum Gasteiger partial charge on any atom is 0.379 e. The summed E-state index contributed by atoms with van der Waals surface area (Å²) < 4.78 is 25.5. The molecule has 37 heavy (non-hydrogen) atoms. The van der Waals surface area contributed by atoms with Gasteiger partial charge in [-0.1, -0.05) is 15.9 Å². The van der Waals surface area contributed by atoms with E-state index < -0.39 is 5.97 Å². The number of aryl methyl sites for hydroxylation is 1. The number of carbonyl (C=O) groups is 2. The minimum atomic E-state index is -0.639. The number of furan rings is 1. The van der Waals surface area contributed by atoms with Crippen molar-refractivity contribution in [2.75, 3.05) is 7.11 Å². The average molecular weight is 558 g/mol. The van der Waals surface area contributed by atoms with E-state index in [1.807, 2.05) is 48.1 Å². The van der Waals surface area contributed by atoms with Crippen molar-refractivity contribution in [3.8, 4) is 17.2 Å². The van der Waals surface area contributed by atoms with Crippen molar-refractivity contribution in [2.45, 2.75) is 6.92 Å². The van der Waals surface area contributed by atoms with Gasteiger partial charge in [-0.15, -0.1) is 0 Å². The molecule has 2 aromatic heterocycles. The van der Waals surface area contributed by atoms with Crippen LogP contribution in [0.1, 0.15) is 32.0 Å². The van der Waals surface area contributed by atoms with Crippen molar-refractivity contribution in [3.05, 3.63) is 93.5 Å². The number of halogens is 1. The second-order valence-corrected chi connectivity index (χ2v) is 9.68. The summed E-state index contributed by atoms with van der Waals surface area (Å²) in [4.78, 5) is 26.0. The molecule has 0 radical (unpaired) electrons. The average Bonchev–Trinajstić information content (AvgIpc) is 3.55. The summed E-state index contributed by atoms with van der Waals surface area (Å²) in [5, 5.41) is 1.72. The molecule has 0 unspecified atom stereocenters. The maximum atomic E-state index is 13.1. The first-order chi connectivity index (χ1) is 17.8. The molecular formula is C29H20BrNO6. The number of rotatable bonds is 4. The van der Waals surface area contributed by atoms with E-state index in [0.717, 1.165) is 32.1 Å². The van der Waals surface area contributed by atoms with Crippen LogP contribution in [0, 0.1) is 6.92 Å². The largest absolute Gasteiger partial charge is 0.497 e. The van der Waals surface area contributed by atoms with Gasteiger partial charge in [0.2, 0.25) is 11.5 Å². The summed E-state index contributed by atoms with van der Waals surface area (Å²) in [6, 6.07) is 16.1. The maximum absolute atomic E-state index is 13.1. The molecule has 1 aliphatic heterocycles. The van der Waals surface area contributed by atoms with Crippen LogP contribution in [-0.4, -0.2) is 23.4 Å². The highest BCUT2D eigenvalue weighted by Gasteiger charge is 2.31. The van der Waals surface area contributed by atoms with Gasteiger partial charge >= 0.3 is 5.97 Å². The number of nitrogens with zero attached hydrogens (tertiary/aromatic N) is 1. The molecule has 0 bridgehead atoms. The number of benzene rings is 3. The van der Waals surface area contributed by atoms with Gasteiger partial charge < -0.3 is 23.2 Å². The van der Waals surface area contributed by atoms with Gasteiger partial charge in [-0.25, -0.2) is 4.79 Å². The Morgan fingerprint density at radius 1 is 1.08 bits per heavy atom. The fourth-order valence-corrected chi connectivity index (χ4v) is 4.91. The number of carbonyl (C=O) groups excluding carboxylic acids is 2. The highest BCUT2D eigenvalue weighted by atomic mass is 79.9. The summed E-state index contributed by atoms with van der Waals surface area (Å²) in [7, 11) is 3.55. The third-order valence-corrected chi connectivity index (χ3v) is 6.93. The van der Waals surface area contributed by atoms with Crippen LogP contribution in [-0.2, 0) is 7.05 Å². The molecule has 1 aliphatic rings. The van der Waals surface area contributed by atoms with Crippen LogP contribution in [0.25, 0.3) is 27.9 Å². The summed E-state index contributed by atoms with van der Waals surface area (Å²) in [5.41, 5.74) is 3.36. The molecule has 6 rings (SSSR count). The molecule has 8 heteroatoms. The van der Waals surface area contributed by atoms with Crippen LogP contribution in [0.2, 0.25) is 0 Å². The number of Topliss-reactive ketones (excluding diaryl/α,β-unsaturated/α-hetero) is 1. The fourth-order valence-electron chi connectivity index (χ4n) is 4.53. The number of hydrogen-bond donors (Lipinski definition) is 0. The zero-order chi connectivity index (χ0) is 25.8. The van der Waals surface area contributed by atoms with Gasteiger partial charge in [0.25, 0.3) is 0 Å². The summed E-state index contributed by atoms with van der Waals surface area (Å²) in [5.74, 6) is 0.776. The van der Waals surface area contributed by atoms with Gasteiger partial charge in [-0.2, -0.15) is 0 Å². The second kappa shape index (κ2) is 8.67. The van der Waals surface area contributed by atoms with Crippen LogP contribution < -0.4 is 14.2 Å². The highest BCUT2D eigenvalue weighted by molar-refractivity contribution is 9.10. The fraction of sp³-hybridized carbons (Fsp3) is 0.103.